The van der Waals surface area contributed by atoms with Crippen molar-refractivity contribution in [1.29, 1.82) is 0 Å². The Labute approximate surface area is 164 Å². The zero-order valence-corrected chi connectivity index (χ0v) is 16.1. The molecular formula is C21H26N4O3. The summed E-state index contributed by atoms with van der Waals surface area (Å²) in [6.45, 7) is 3.49. The molecule has 4 rings (SSSR count). The number of piperidine rings is 1. The second-order valence-corrected chi connectivity index (χ2v) is 7.76. The number of ether oxygens (including phenoxy) is 1. The van der Waals surface area contributed by atoms with Crippen LogP contribution in [-0.4, -0.2) is 58.3 Å². The molecule has 2 saturated heterocycles. The lowest BCUT2D eigenvalue weighted by molar-refractivity contribution is -0.120. The van der Waals surface area contributed by atoms with Crippen molar-refractivity contribution in [3.05, 3.63) is 42.2 Å². The van der Waals surface area contributed by atoms with Crippen LogP contribution in [0.4, 0.5) is 0 Å². The summed E-state index contributed by atoms with van der Waals surface area (Å²) in [5.41, 5.74) is 2.51. The van der Waals surface area contributed by atoms with Gasteiger partial charge < -0.3 is 15.0 Å². The van der Waals surface area contributed by atoms with Gasteiger partial charge in [-0.3, -0.25) is 14.7 Å². The van der Waals surface area contributed by atoms with Gasteiger partial charge in [-0.2, -0.15) is 5.10 Å². The second kappa shape index (κ2) is 7.75. The zero-order chi connectivity index (χ0) is 19.6. The van der Waals surface area contributed by atoms with Gasteiger partial charge in [0.1, 0.15) is 0 Å². The van der Waals surface area contributed by atoms with Gasteiger partial charge in [-0.15, -0.1) is 0 Å². The molecule has 0 radical (unpaired) electrons. The van der Waals surface area contributed by atoms with E-state index in [9.17, 15) is 9.59 Å². The minimum atomic E-state index is -0.140. The normalized spacial score (nSPS) is 21.0. The number of carbonyl (C=O) groups excluding carboxylic acids is 2. The van der Waals surface area contributed by atoms with Gasteiger partial charge >= 0.3 is 0 Å². The maximum absolute atomic E-state index is 13.0. The molecule has 2 aromatic rings. The number of aromatic amines is 1. The minimum Gasteiger partial charge on any atom is -0.370 e. The van der Waals surface area contributed by atoms with E-state index in [-0.39, 0.29) is 23.5 Å². The Hall–Kier alpha value is -2.67. The average Bonchev–Trinajstić information content (AvgIpc) is 3.37. The molecular weight excluding hydrogens is 356 g/mol. The van der Waals surface area contributed by atoms with Crippen LogP contribution in [-0.2, 0) is 9.53 Å². The van der Waals surface area contributed by atoms with Crippen LogP contribution in [0.2, 0.25) is 0 Å². The molecule has 3 heterocycles. The predicted molar refractivity (Wildman–Crippen MR) is 105 cm³/mol. The Morgan fingerprint density at radius 3 is 2.82 bits per heavy atom. The van der Waals surface area contributed by atoms with E-state index in [1.54, 1.807) is 6.20 Å². The summed E-state index contributed by atoms with van der Waals surface area (Å²) in [5, 5.41) is 9.62. The Morgan fingerprint density at radius 1 is 1.29 bits per heavy atom. The third-order valence-electron chi connectivity index (χ3n) is 5.82. The van der Waals surface area contributed by atoms with E-state index in [2.05, 4.69) is 15.5 Å². The van der Waals surface area contributed by atoms with Crippen molar-refractivity contribution >= 4 is 11.8 Å². The molecule has 0 unspecified atom stereocenters. The maximum atomic E-state index is 13.0. The highest BCUT2D eigenvalue weighted by Gasteiger charge is 2.43. The van der Waals surface area contributed by atoms with Crippen molar-refractivity contribution in [3.8, 4) is 11.1 Å². The highest BCUT2D eigenvalue weighted by molar-refractivity contribution is 5.95. The van der Waals surface area contributed by atoms with E-state index in [0.717, 1.165) is 36.8 Å². The third kappa shape index (κ3) is 3.94. The van der Waals surface area contributed by atoms with Crippen LogP contribution in [0.1, 0.15) is 43.0 Å². The molecule has 0 bridgehead atoms. The number of likely N-dealkylation sites (tertiary alicyclic amines) is 1. The number of carbonyl (C=O) groups is 2. The number of hydrogen-bond donors (Lipinski definition) is 2. The monoisotopic (exact) mass is 382 g/mol. The molecule has 1 aromatic carbocycles. The van der Waals surface area contributed by atoms with Gasteiger partial charge in [-0.25, -0.2) is 0 Å². The zero-order valence-electron chi connectivity index (χ0n) is 16.1. The summed E-state index contributed by atoms with van der Waals surface area (Å²) in [6.07, 6.45) is 7.30. The molecule has 2 aliphatic heterocycles. The molecule has 2 fully saturated rings. The van der Waals surface area contributed by atoms with Crippen LogP contribution in [0.5, 0.6) is 0 Å². The number of nitrogens with zero attached hydrogens (tertiary/aromatic N) is 2. The van der Waals surface area contributed by atoms with Crippen LogP contribution in [0, 0.1) is 0 Å². The molecule has 1 aromatic heterocycles. The van der Waals surface area contributed by atoms with E-state index in [1.165, 1.54) is 6.92 Å². The minimum absolute atomic E-state index is 0.0254. The molecule has 2 amide bonds. The van der Waals surface area contributed by atoms with Gasteiger partial charge in [0.05, 0.1) is 17.9 Å². The molecule has 2 aliphatic rings. The Balaban J connectivity index is 1.36. The smallest absolute Gasteiger partial charge is 0.253 e. The first-order valence-corrected chi connectivity index (χ1v) is 9.85. The number of nitrogens with one attached hydrogen (secondary N) is 2. The Morgan fingerprint density at radius 2 is 2.11 bits per heavy atom. The van der Waals surface area contributed by atoms with Gasteiger partial charge in [0.15, 0.2) is 0 Å². The van der Waals surface area contributed by atoms with Crippen LogP contribution >= 0.6 is 0 Å². The van der Waals surface area contributed by atoms with E-state index >= 15 is 0 Å². The first-order chi connectivity index (χ1) is 13.5. The summed E-state index contributed by atoms with van der Waals surface area (Å²) < 4.78 is 6.28. The van der Waals surface area contributed by atoms with Crippen molar-refractivity contribution in [2.45, 2.75) is 44.3 Å². The van der Waals surface area contributed by atoms with E-state index in [0.29, 0.717) is 25.2 Å². The molecule has 7 heteroatoms. The Kier molecular flexibility index (Phi) is 5.17. The van der Waals surface area contributed by atoms with Gasteiger partial charge in [-0.1, -0.05) is 12.1 Å². The van der Waals surface area contributed by atoms with Crippen molar-refractivity contribution in [2.24, 2.45) is 0 Å². The number of hydrogen-bond acceptors (Lipinski definition) is 4. The molecule has 7 nitrogen and oxygen atoms in total. The first kappa shape index (κ1) is 18.7. The molecule has 0 saturated carbocycles. The standard InChI is InChI=1S/C21H26N4O3/c1-15(26)22-14-19-5-6-21(28-19)7-9-25(10-8-21)20(27)17-4-2-3-16(11-17)18-12-23-24-13-18/h2-4,11-13,19H,5-10,14H2,1H3,(H,22,26)(H,23,24)/t19-/m0/s1. The van der Waals surface area contributed by atoms with Gasteiger partial charge in [0.25, 0.3) is 5.91 Å². The fraction of sp³-hybridized carbons (Fsp3) is 0.476. The average molecular weight is 382 g/mol. The number of H-pyrrole nitrogens is 1. The summed E-state index contributed by atoms with van der Waals surface area (Å²) in [6, 6.07) is 7.68. The lowest BCUT2D eigenvalue weighted by Crippen LogP contribution is -2.47. The quantitative estimate of drug-likeness (QED) is 0.850. The van der Waals surface area contributed by atoms with Crippen LogP contribution in [0.15, 0.2) is 36.7 Å². The highest BCUT2D eigenvalue weighted by Crippen LogP contribution is 2.39. The molecule has 1 spiro atoms. The van der Waals surface area contributed by atoms with Crippen LogP contribution < -0.4 is 5.32 Å². The van der Waals surface area contributed by atoms with E-state index < -0.39 is 0 Å². The first-order valence-electron chi connectivity index (χ1n) is 9.85. The van der Waals surface area contributed by atoms with Crippen LogP contribution in [0.25, 0.3) is 11.1 Å². The third-order valence-corrected chi connectivity index (χ3v) is 5.82. The topological polar surface area (TPSA) is 87.3 Å². The number of aromatic nitrogens is 2. The van der Waals surface area contributed by atoms with E-state index in [4.69, 9.17) is 4.74 Å². The van der Waals surface area contributed by atoms with Gasteiger partial charge in [-0.05, 0) is 43.4 Å². The van der Waals surface area contributed by atoms with Crippen molar-refractivity contribution < 1.29 is 14.3 Å². The Bertz CT molecular complexity index is 841. The molecule has 2 N–H and O–H groups in total. The SMILES string of the molecule is CC(=O)NC[C@@H]1CCC2(CCN(C(=O)c3cccc(-c4cn[nH]c4)c3)CC2)O1. The number of benzene rings is 1. The highest BCUT2D eigenvalue weighted by atomic mass is 16.5. The number of rotatable bonds is 4. The molecule has 28 heavy (non-hydrogen) atoms. The fourth-order valence-corrected chi connectivity index (χ4v) is 4.21. The summed E-state index contributed by atoms with van der Waals surface area (Å²) in [5.74, 6) is 0.0376. The second-order valence-electron chi connectivity index (χ2n) is 7.76. The molecule has 1 atom stereocenters. The number of amides is 2. The van der Waals surface area contributed by atoms with Crippen LogP contribution in [0.3, 0.4) is 0 Å². The van der Waals surface area contributed by atoms with Gasteiger partial charge in [0, 0.05) is 43.9 Å². The molecule has 0 aliphatic carbocycles. The van der Waals surface area contributed by atoms with E-state index in [1.807, 2.05) is 35.4 Å². The lowest BCUT2D eigenvalue weighted by atomic mass is 9.88. The summed E-state index contributed by atoms with van der Waals surface area (Å²) >= 11 is 0. The van der Waals surface area contributed by atoms with Crippen molar-refractivity contribution in [3.63, 3.8) is 0 Å². The predicted octanol–water partition coefficient (Wildman–Crippen LogP) is 2.37. The fourth-order valence-electron chi connectivity index (χ4n) is 4.21. The van der Waals surface area contributed by atoms with Crippen molar-refractivity contribution in [2.75, 3.05) is 19.6 Å². The summed E-state index contributed by atoms with van der Waals surface area (Å²) in [4.78, 5) is 26.0. The lowest BCUT2D eigenvalue weighted by Gasteiger charge is -2.39. The maximum Gasteiger partial charge on any atom is 0.253 e. The summed E-state index contributed by atoms with van der Waals surface area (Å²) in [7, 11) is 0. The van der Waals surface area contributed by atoms with Crippen molar-refractivity contribution in [1.82, 2.24) is 20.4 Å². The van der Waals surface area contributed by atoms with Gasteiger partial charge in [0.2, 0.25) is 5.91 Å². The largest absolute Gasteiger partial charge is 0.370 e. The molecule has 148 valence electrons.